The molecule has 0 saturated heterocycles. The molecule has 2 aliphatic carbocycles. The molecule has 2 aromatic rings. The molecule has 42 heavy (non-hydrogen) atoms. The monoisotopic (exact) mass is 664 g/mol. The van der Waals surface area contributed by atoms with Gasteiger partial charge >= 0.3 is 23.2 Å². The van der Waals surface area contributed by atoms with Crippen molar-refractivity contribution in [3.63, 3.8) is 0 Å². The zero-order chi connectivity index (χ0) is 29.0. The fraction of sp³-hybridized carbons (Fsp3) is 0.611. The zero-order valence-corrected chi connectivity index (χ0v) is 30.8. The average molecular weight is 665 g/mol. The van der Waals surface area contributed by atoms with Gasteiger partial charge in [0.1, 0.15) is 0 Å². The van der Waals surface area contributed by atoms with Crippen LogP contribution in [-0.4, -0.2) is 21.6 Å². The fourth-order valence-corrected chi connectivity index (χ4v) is 15.4. The molecule has 0 heterocycles. The molecule has 2 fully saturated rings. The van der Waals surface area contributed by atoms with Crippen molar-refractivity contribution in [3.8, 4) is 0 Å². The standard InChI is InChI=1S/C29H41F3P2.C5H10.2CH3.Fe/c1-20-12-16-23(17-13-20)33(24-18-14-22(15-19-24)29(30,31)32)21(2)25-10-9-11-26(25)34(27(3,4)5)28(6,7)8;1-2-4-5-3-1;;;/h12-19,21,25-26H,9-11H2,1-8H3;1-5H2;2*1H3;/q;;2*-1;+2/t21-,25?,26?,33?;;;;/m1..../s1. The van der Waals surface area contributed by atoms with E-state index in [0.717, 1.165) is 5.30 Å². The third-order valence-corrected chi connectivity index (χ3v) is 15.5. The molecular formula is C36H57F3FeP2. The summed E-state index contributed by atoms with van der Waals surface area (Å²) in [5, 5.41) is 2.86. The largest absolute Gasteiger partial charge is 2.00 e. The van der Waals surface area contributed by atoms with E-state index in [0.29, 0.717) is 17.2 Å². The summed E-state index contributed by atoms with van der Waals surface area (Å²) in [5.41, 5.74) is 1.75. The van der Waals surface area contributed by atoms with Crippen LogP contribution in [0.25, 0.3) is 0 Å². The quantitative estimate of drug-likeness (QED) is 0.170. The number of alkyl halides is 3. The zero-order valence-electron chi connectivity index (χ0n) is 27.9. The number of benzene rings is 2. The molecule has 3 unspecified atom stereocenters. The molecule has 0 aliphatic heterocycles. The van der Waals surface area contributed by atoms with Gasteiger partial charge < -0.3 is 14.9 Å². The first-order chi connectivity index (χ1) is 18.1. The molecule has 4 atom stereocenters. The van der Waals surface area contributed by atoms with Crippen molar-refractivity contribution < 1.29 is 30.2 Å². The summed E-state index contributed by atoms with van der Waals surface area (Å²) in [6.07, 6.45) is 6.96. The second kappa shape index (κ2) is 17.3. The number of hydrogen-bond acceptors (Lipinski definition) is 0. The van der Waals surface area contributed by atoms with Gasteiger partial charge in [-0.1, -0.05) is 137 Å². The number of hydrogen-bond donors (Lipinski definition) is 0. The molecule has 0 amide bonds. The third kappa shape index (κ3) is 11.2. The van der Waals surface area contributed by atoms with Gasteiger partial charge in [-0.15, -0.1) is 0 Å². The van der Waals surface area contributed by atoms with E-state index in [-0.39, 0.29) is 50.2 Å². The smallest absolute Gasteiger partial charge is 0.358 e. The summed E-state index contributed by atoms with van der Waals surface area (Å²) in [6, 6.07) is 14.7. The van der Waals surface area contributed by atoms with Gasteiger partial charge in [0.15, 0.2) is 0 Å². The van der Waals surface area contributed by atoms with Crippen molar-refractivity contribution in [1.29, 1.82) is 0 Å². The van der Waals surface area contributed by atoms with Gasteiger partial charge in [-0.2, -0.15) is 13.2 Å². The Hall–Kier alpha value is -0.391. The number of aryl methyl sites for hydroxylation is 1. The molecule has 4 rings (SSSR count). The first-order valence-electron chi connectivity index (χ1n) is 14.9. The molecule has 2 aliphatic rings. The van der Waals surface area contributed by atoms with Crippen molar-refractivity contribution in [2.75, 3.05) is 0 Å². The molecule has 0 bridgehead atoms. The van der Waals surface area contributed by atoms with Crippen LogP contribution in [0.3, 0.4) is 0 Å². The van der Waals surface area contributed by atoms with E-state index < -0.39 is 19.7 Å². The molecule has 2 aromatic carbocycles. The van der Waals surface area contributed by atoms with E-state index >= 15 is 0 Å². The minimum atomic E-state index is -4.30. The van der Waals surface area contributed by atoms with E-state index in [1.807, 2.05) is 0 Å². The summed E-state index contributed by atoms with van der Waals surface area (Å²) in [4.78, 5) is 0. The van der Waals surface area contributed by atoms with Crippen LogP contribution in [0.15, 0.2) is 48.5 Å². The number of rotatable bonds is 5. The average Bonchev–Trinajstić information content (AvgIpc) is 3.54. The molecule has 0 radical (unpaired) electrons. The van der Waals surface area contributed by atoms with Gasteiger partial charge in [0.25, 0.3) is 0 Å². The van der Waals surface area contributed by atoms with Crippen LogP contribution in [0.2, 0.25) is 0 Å². The maximum atomic E-state index is 13.3. The maximum absolute atomic E-state index is 13.3. The number of halogens is 3. The summed E-state index contributed by atoms with van der Waals surface area (Å²) < 4.78 is 39.8. The van der Waals surface area contributed by atoms with Crippen molar-refractivity contribution in [3.05, 3.63) is 74.5 Å². The normalized spacial score (nSPS) is 20.4. The summed E-state index contributed by atoms with van der Waals surface area (Å²) in [6.45, 7) is 18.9. The van der Waals surface area contributed by atoms with Crippen molar-refractivity contribution in [1.82, 2.24) is 0 Å². The molecule has 0 nitrogen and oxygen atoms in total. The Morgan fingerprint density at radius 1 is 0.667 bits per heavy atom. The molecule has 0 N–H and O–H groups in total. The summed E-state index contributed by atoms with van der Waals surface area (Å²) in [7, 11) is -1.01. The van der Waals surface area contributed by atoms with Gasteiger partial charge in [0, 0.05) is 0 Å². The SMILES string of the molecule is C1CCCC1.Cc1ccc(P(c2ccc(C(F)(F)F)cc2)[C@H](C)C2CCCC2P(C(C)(C)C)C(C)(C)C)cc1.[CH3-].[CH3-].[Fe+2]. The maximum Gasteiger partial charge on any atom is 2.00 e. The minimum Gasteiger partial charge on any atom is -0.358 e. The van der Waals surface area contributed by atoms with Gasteiger partial charge in [0.05, 0.1) is 5.56 Å². The second-order valence-corrected chi connectivity index (χ2v) is 20.3. The van der Waals surface area contributed by atoms with Crippen LogP contribution in [0.1, 0.15) is 111 Å². The van der Waals surface area contributed by atoms with Gasteiger partial charge in [-0.05, 0) is 78.0 Å². The molecular weight excluding hydrogens is 607 g/mol. The Kier molecular flexibility index (Phi) is 17.2. The van der Waals surface area contributed by atoms with Crippen molar-refractivity contribution in [2.24, 2.45) is 5.92 Å². The first kappa shape index (κ1) is 41.6. The van der Waals surface area contributed by atoms with Gasteiger partial charge in [-0.3, -0.25) is 0 Å². The van der Waals surface area contributed by atoms with E-state index in [4.69, 9.17) is 0 Å². The Balaban J connectivity index is 0.00000190. The summed E-state index contributed by atoms with van der Waals surface area (Å²) in [5.74, 6) is 0.597. The molecule has 240 valence electrons. The molecule has 0 spiro atoms. The van der Waals surface area contributed by atoms with E-state index in [1.165, 1.54) is 74.4 Å². The predicted octanol–water partition coefficient (Wildman–Crippen LogP) is 11.9. The van der Waals surface area contributed by atoms with Gasteiger partial charge in [0.2, 0.25) is 0 Å². The van der Waals surface area contributed by atoms with Crippen LogP contribution >= 0.6 is 15.8 Å². The fourth-order valence-electron chi connectivity index (χ4n) is 7.06. The predicted molar refractivity (Wildman–Crippen MR) is 182 cm³/mol. The minimum absolute atomic E-state index is 0. The van der Waals surface area contributed by atoms with E-state index in [2.05, 4.69) is 79.7 Å². The van der Waals surface area contributed by atoms with Crippen LogP contribution in [0.5, 0.6) is 0 Å². The van der Waals surface area contributed by atoms with Crippen LogP contribution in [-0.2, 0) is 23.2 Å². The van der Waals surface area contributed by atoms with Crippen LogP contribution in [0.4, 0.5) is 13.2 Å². The van der Waals surface area contributed by atoms with E-state index in [1.54, 1.807) is 12.1 Å². The topological polar surface area (TPSA) is 0 Å². The molecule has 2 saturated carbocycles. The molecule has 6 heteroatoms. The third-order valence-electron chi connectivity index (χ3n) is 8.37. The Morgan fingerprint density at radius 2 is 1.07 bits per heavy atom. The van der Waals surface area contributed by atoms with Crippen molar-refractivity contribution in [2.45, 2.75) is 135 Å². The Labute approximate surface area is 270 Å². The van der Waals surface area contributed by atoms with Crippen LogP contribution in [0, 0.1) is 27.7 Å². The first-order valence-corrected chi connectivity index (χ1v) is 17.8. The van der Waals surface area contributed by atoms with Crippen LogP contribution < -0.4 is 10.6 Å². The van der Waals surface area contributed by atoms with E-state index in [9.17, 15) is 13.2 Å². The molecule has 0 aromatic heterocycles. The summed E-state index contributed by atoms with van der Waals surface area (Å²) >= 11 is 0. The van der Waals surface area contributed by atoms with Gasteiger partial charge in [-0.25, -0.2) is 0 Å². The second-order valence-electron chi connectivity index (χ2n) is 13.6. The Morgan fingerprint density at radius 3 is 1.45 bits per heavy atom. The van der Waals surface area contributed by atoms with Crippen molar-refractivity contribution >= 4 is 26.5 Å². The Bertz CT molecular complexity index is 994.